The summed E-state index contributed by atoms with van der Waals surface area (Å²) in [6, 6.07) is 1.76. The zero-order chi connectivity index (χ0) is 12.5. The Morgan fingerprint density at radius 1 is 1.44 bits per heavy atom. The maximum absolute atomic E-state index is 12.5. The summed E-state index contributed by atoms with van der Waals surface area (Å²) < 4.78 is 42.2. The summed E-state index contributed by atoms with van der Waals surface area (Å²) in [5.74, 6) is -1.18. The van der Waals surface area contributed by atoms with E-state index in [0.717, 1.165) is 6.07 Å². The Balaban J connectivity index is 3.50. The van der Waals surface area contributed by atoms with E-state index in [1.54, 1.807) is 0 Å². The lowest BCUT2D eigenvalue weighted by Gasteiger charge is -2.13. The van der Waals surface area contributed by atoms with Crippen LogP contribution in [0.5, 0.6) is 5.75 Å². The van der Waals surface area contributed by atoms with Gasteiger partial charge >= 0.3 is 6.18 Å². The number of halogens is 4. The summed E-state index contributed by atoms with van der Waals surface area (Å²) in [6.07, 6.45) is -4.67. The van der Waals surface area contributed by atoms with Crippen molar-refractivity contribution in [3.63, 3.8) is 0 Å². The number of alkyl halides is 3. The Hall–Kier alpha value is -1.43. The van der Waals surface area contributed by atoms with Crippen LogP contribution in [-0.4, -0.2) is 13.0 Å². The predicted octanol–water partition coefficient (Wildman–Crippen LogP) is 2.47. The molecule has 1 aromatic carbocycles. The molecule has 1 amide bonds. The molecule has 0 heterocycles. The van der Waals surface area contributed by atoms with E-state index in [-0.39, 0.29) is 5.75 Å². The second-order valence-electron chi connectivity index (χ2n) is 2.90. The summed E-state index contributed by atoms with van der Waals surface area (Å²) in [5.41, 5.74) is 3.33. The molecule has 1 aromatic rings. The number of methoxy groups -OCH3 is 1. The first kappa shape index (κ1) is 12.6. The largest absolute Gasteiger partial charge is 0.497 e. The van der Waals surface area contributed by atoms with Gasteiger partial charge in [0.25, 0.3) is 0 Å². The highest BCUT2D eigenvalue weighted by atomic mass is 35.5. The fraction of sp³-hybridized carbons (Fsp3) is 0.222. The summed E-state index contributed by atoms with van der Waals surface area (Å²) in [7, 11) is 1.17. The highest BCUT2D eigenvalue weighted by Crippen LogP contribution is 2.38. The lowest BCUT2D eigenvalue weighted by atomic mass is 10.1. The van der Waals surface area contributed by atoms with Crippen LogP contribution < -0.4 is 10.5 Å². The summed E-state index contributed by atoms with van der Waals surface area (Å²) in [5, 5.41) is -0.721. The fourth-order valence-electron chi connectivity index (χ4n) is 1.10. The number of ether oxygens (including phenoxy) is 1. The fourth-order valence-corrected chi connectivity index (χ4v) is 1.41. The molecule has 0 spiro atoms. The number of hydrogen-bond acceptors (Lipinski definition) is 2. The minimum atomic E-state index is -4.67. The van der Waals surface area contributed by atoms with E-state index < -0.39 is 28.2 Å². The van der Waals surface area contributed by atoms with Gasteiger partial charge in [0.2, 0.25) is 5.91 Å². The van der Waals surface area contributed by atoms with E-state index in [1.807, 2.05) is 0 Å². The third-order valence-electron chi connectivity index (χ3n) is 1.85. The van der Waals surface area contributed by atoms with E-state index in [2.05, 4.69) is 4.74 Å². The molecule has 0 saturated carbocycles. The Bertz CT molecular complexity index is 431. The summed E-state index contributed by atoms with van der Waals surface area (Å²) >= 11 is 5.44. The SMILES string of the molecule is COc1cc(C(N)=O)c(Cl)c(C(F)(F)F)c1. The highest BCUT2D eigenvalue weighted by molar-refractivity contribution is 6.34. The predicted molar refractivity (Wildman–Crippen MR) is 51.5 cm³/mol. The molecule has 0 aliphatic carbocycles. The van der Waals surface area contributed by atoms with Crippen LogP contribution in [0.25, 0.3) is 0 Å². The molecule has 2 N–H and O–H groups in total. The lowest BCUT2D eigenvalue weighted by Crippen LogP contribution is -2.15. The number of amides is 1. The van der Waals surface area contributed by atoms with E-state index in [9.17, 15) is 18.0 Å². The molecule has 3 nitrogen and oxygen atoms in total. The molecule has 0 bridgehead atoms. The van der Waals surface area contributed by atoms with Gasteiger partial charge in [-0.05, 0) is 12.1 Å². The van der Waals surface area contributed by atoms with Gasteiger partial charge in [-0.1, -0.05) is 11.6 Å². The maximum Gasteiger partial charge on any atom is 0.418 e. The number of primary amides is 1. The topological polar surface area (TPSA) is 52.3 Å². The van der Waals surface area contributed by atoms with E-state index in [0.29, 0.717) is 6.07 Å². The first-order chi connectivity index (χ1) is 7.27. The first-order valence-corrected chi connectivity index (χ1v) is 4.39. The number of carbonyl (C=O) groups is 1. The smallest absolute Gasteiger partial charge is 0.418 e. The van der Waals surface area contributed by atoms with Crippen molar-refractivity contribution in [1.82, 2.24) is 0 Å². The molecule has 0 radical (unpaired) electrons. The van der Waals surface area contributed by atoms with Crippen molar-refractivity contribution in [2.45, 2.75) is 6.18 Å². The van der Waals surface area contributed by atoms with E-state index in [4.69, 9.17) is 17.3 Å². The zero-order valence-electron chi connectivity index (χ0n) is 8.06. The van der Waals surface area contributed by atoms with Crippen LogP contribution in [0, 0.1) is 0 Å². The van der Waals surface area contributed by atoms with Crippen LogP contribution in [0.15, 0.2) is 12.1 Å². The van der Waals surface area contributed by atoms with Crippen molar-refractivity contribution in [3.8, 4) is 5.75 Å². The monoisotopic (exact) mass is 253 g/mol. The van der Waals surface area contributed by atoms with E-state index >= 15 is 0 Å². The number of rotatable bonds is 2. The molecule has 0 fully saturated rings. The minimum Gasteiger partial charge on any atom is -0.497 e. The summed E-state index contributed by atoms with van der Waals surface area (Å²) in [6.45, 7) is 0. The van der Waals surface area contributed by atoms with E-state index in [1.165, 1.54) is 7.11 Å². The third kappa shape index (κ3) is 2.38. The van der Waals surface area contributed by atoms with Crippen LogP contribution in [0.1, 0.15) is 15.9 Å². The minimum absolute atomic E-state index is 0.134. The molecule has 0 aromatic heterocycles. The van der Waals surface area contributed by atoms with Crippen molar-refractivity contribution in [1.29, 1.82) is 0 Å². The molecule has 0 unspecified atom stereocenters. The average Bonchev–Trinajstić information content (AvgIpc) is 2.15. The van der Waals surface area contributed by atoms with Crippen molar-refractivity contribution < 1.29 is 22.7 Å². The second kappa shape index (κ2) is 4.21. The average molecular weight is 254 g/mol. The number of benzene rings is 1. The second-order valence-corrected chi connectivity index (χ2v) is 3.28. The highest BCUT2D eigenvalue weighted by Gasteiger charge is 2.35. The van der Waals surface area contributed by atoms with Crippen molar-refractivity contribution in [2.75, 3.05) is 7.11 Å². The summed E-state index contributed by atoms with van der Waals surface area (Å²) in [4.78, 5) is 10.9. The Kier molecular flexibility index (Phi) is 3.32. The number of hydrogen-bond donors (Lipinski definition) is 1. The van der Waals surface area contributed by atoms with Crippen LogP contribution in [0.2, 0.25) is 5.02 Å². The normalized spacial score (nSPS) is 11.3. The molecule has 7 heteroatoms. The molecule has 0 atom stereocenters. The Morgan fingerprint density at radius 3 is 2.38 bits per heavy atom. The van der Waals surface area contributed by atoms with Crippen LogP contribution in [-0.2, 0) is 6.18 Å². The van der Waals surface area contributed by atoms with Gasteiger partial charge in [-0.2, -0.15) is 13.2 Å². The lowest BCUT2D eigenvalue weighted by molar-refractivity contribution is -0.137. The van der Waals surface area contributed by atoms with Crippen molar-refractivity contribution >= 4 is 17.5 Å². The zero-order valence-corrected chi connectivity index (χ0v) is 8.82. The maximum atomic E-state index is 12.5. The molecule has 0 aliphatic rings. The standard InChI is InChI=1S/C9H7ClF3NO2/c1-16-4-2-5(8(14)15)7(10)6(3-4)9(11,12)13/h2-3H,1H3,(H2,14,15). The number of carbonyl (C=O) groups excluding carboxylic acids is 1. The molecule has 0 aliphatic heterocycles. The number of nitrogens with two attached hydrogens (primary N) is 1. The Labute approximate surface area is 93.9 Å². The molecule has 88 valence electrons. The molecular weight excluding hydrogens is 247 g/mol. The Morgan fingerprint density at radius 2 is 2.00 bits per heavy atom. The van der Waals surface area contributed by atoms with Gasteiger partial charge in [-0.3, -0.25) is 4.79 Å². The van der Waals surface area contributed by atoms with Gasteiger partial charge in [0, 0.05) is 0 Å². The van der Waals surface area contributed by atoms with Crippen molar-refractivity contribution in [3.05, 3.63) is 28.3 Å². The first-order valence-electron chi connectivity index (χ1n) is 4.02. The molecule has 16 heavy (non-hydrogen) atoms. The van der Waals surface area contributed by atoms with Gasteiger partial charge in [0.15, 0.2) is 0 Å². The van der Waals surface area contributed by atoms with Crippen LogP contribution in [0.3, 0.4) is 0 Å². The molecule has 0 saturated heterocycles. The van der Waals surface area contributed by atoms with Gasteiger partial charge in [0.05, 0.1) is 23.3 Å². The van der Waals surface area contributed by atoms with Gasteiger partial charge in [0.1, 0.15) is 5.75 Å². The quantitative estimate of drug-likeness (QED) is 0.880. The molecule has 1 rings (SSSR count). The van der Waals surface area contributed by atoms with Gasteiger partial charge in [-0.25, -0.2) is 0 Å². The molecular formula is C9H7ClF3NO2. The van der Waals surface area contributed by atoms with Crippen LogP contribution in [0.4, 0.5) is 13.2 Å². The van der Waals surface area contributed by atoms with Gasteiger partial charge < -0.3 is 10.5 Å². The van der Waals surface area contributed by atoms with Crippen LogP contribution >= 0.6 is 11.6 Å². The van der Waals surface area contributed by atoms with Crippen molar-refractivity contribution in [2.24, 2.45) is 5.73 Å². The van der Waals surface area contributed by atoms with Gasteiger partial charge in [-0.15, -0.1) is 0 Å². The third-order valence-corrected chi connectivity index (χ3v) is 2.26.